The Hall–Kier alpha value is -5.81. The highest BCUT2D eigenvalue weighted by molar-refractivity contribution is 9.10. The molecule has 5 rings (SSSR count). The van der Waals surface area contributed by atoms with Crippen molar-refractivity contribution >= 4 is 39.4 Å². The van der Waals surface area contributed by atoms with Gasteiger partial charge in [0.25, 0.3) is 11.8 Å². The van der Waals surface area contributed by atoms with E-state index in [2.05, 4.69) is 26.6 Å². The molecule has 0 aliphatic heterocycles. The first-order chi connectivity index (χ1) is 23.7. The number of hydrogen-bond acceptors (Lipinski definition) is 7. The lowest BCUT2D eigenvalue weighted by molar-refractivity contribution is -0.137. The number of carbonyl (C=O) groups is 3. The van der Waals surface area contributed by atoms with Gasteiger partial charge in [0, 0.05) is 15.6 Å². The molecule has 5 aromatic rings. The average Bonchev–Trinajstić information content (AvgIpc) is 3.11. The van der Waals surface area contributed by atoms with Gasteiger partial charge in [-0.2, -0.15) is 0 Å². The number of para-hydroxylation sites is 2. The van der Waals surface area contributed by atoms with Crippen LogP contribution in [0.2, 0.25) is 0 Å². The molecule has 0 fully saturated rings. The number of amides is 2. The quantitative estimate of drug-likeness (QED) is 0.111. The van der Waals surface area contributed by atoms with Crippen LogP contribution in [0.1, 0.15) is 38.7 Å². The lowest BCUT2D eigenvalue weighted by Gasteiger charge is -2.20. The number of nitrogens with one attached hydrogen (secondary N) is 2. The molecule has 3 N–H and O–H groups in total. The van der Waals surface area contributed by atoms with Gasteiger partial charge < -0.3 is 34.7 Å². The lowest BCUT2D eigenvalue weighted by Crippen LogP contribution is -2.31. The van der Waals surface area contributed by atoms with Crippen LogP contribution in [0.15, 0.2) is 114 Å². The summed E-state index contributed by atoms with van der Waals surface area (Å²) in [5, 5.41) is 15.4. The second kappa shape index (κ2) is 15.9. The van der Waals surface area contributed by atoms with Crippen LogP contribution in [0, 0.1) is 0 Å². The molecular weight excluding hydrogens is 692 g/mol. The molecular formula is C38H33BrN2O8. The standard InChI is InChI=1S/C38H33BrN2O8/c1-46-33-19-25(20-34(47-2)36(33)48-3)37(44)40-30-18-17-26(39)21-29(30)38(45)41-31(22-35(42)43)24-15-13-23(14-16-24)28-11-7-8-12-32(28)49-27-9-5-4-6-10-27/h4-21,31H,22H2,1-3H3,(H,40,44)(H,41,45)(H,42,43). The van der Waals surface area contributed by atoms with Crippen LogP contribution >= 0.6 is 15.9 Å². The fourth-order valence-electron chi connectivity index (χ4n) is 5.19. The predicted octanol–water partition coefficient (Wildman–Crippen LogP) is 8.13. The Balaban J connectivity index is 1.39. The molecule has 0 aliphatic carbocycles. The summed E-state index contributed by atoms with van der Waals surface area (Å²) < 4.78 is 22.8. The number of benzene rings is 5. The van der Waals surface area contributed by atoms with E-state index in [0.717, 1.165) is 11.1 Å². The molecule has 0 spiro atoms. The number of halogens is 1. The molecule has 0 radical (unpaired) electrons. The Kier molecular flexibility index (Phi) is 11.2. The Morgan fingerprint density at radius 1 is 0.735 bits per heavy atom. The Morgan fingerprint density at radius 3 is 2.02 bits per heavy atom. The smallest absolute Gasteiger partial charge is 0.305 e. The largest absolute Gasteiger partial charge is 0.493 e. The van der Waals surface area contributed by atoms with Crippen molar-refractivity contribution in [2.75, 3.05) is 26.6 Å². The van der Waals surface area contributed by atoms with Crippen molar-refractivity contribution in [2.24, 2.45) is 0 Å². The van der Waals surface area contributed by atoms with Crippen molar-refractivity contribution in [2.45, 2.75) is 12.5 Å². The zero-order chi connectivity index (χ0) is 34.9. The summed E-state index contributed by atoms with van der Waals surface area (Å²) in [6, 6.07) is 31.2. The van der Waals surface area contributed by atoms with Gasteiger partial charge in [-0.25, -0.2) is 0 Å². The first-order valence-corrected chi connectivity index (χ1v) is 15.9. The van der Waals surface area contributed by atoms with Crippen LogP contribution in [0.25, 0.3) is 11.1 Å². The summed E-state index contributed by atoms with van der Waals surface area (Å²) in [7, 11) is 4.34. The van der Waals surface area contributed by atoms with Crippen LogP contribution in [0.4, 0.5) is 5.69 Å². The predicted molar refractivity (Wildman–Crippen MR) is 189 cm³/mol. The Morgan fingerprint density at radius 2 is 1.39 bits per heavy atom. The maximum absolute atomic E-state index is 13.7. The maximum atomic E-state index is 13.7. The lowest BCUT2D eigenvalue weighted by atomic mass is 9.98. The van der Waals surface area contributed by atoms with Crippen LogP contribution in [-0.4, -0.2) is 44.2 Å². The maximum Gasteiger partial charge on any atom is 0.305 e. The van der Waals surface area contributed by atoms with Crippen molar-refractivity contribution in [3.63, 3.8) is 0 Å². The van der Waals surface area contributed by atoms with E-state index in [1.807, 2.05) is 66.7 Å². The summed E-state index contributed by atoms with van der Waals surface area (Å²) in [6.45, 7) is 0. The minimum atomic E-state index is -1.10. The Labute approximate surface area is 291 Å². The van der Waals surface area contributed by atoms with Gasteiger partial charge in [-0.05, 0) is 59.7 Å². The number of anilines is 1. The monoisotopic (exact) mass is 724 g/mol. The van der Waals surface area contributed by atoms with Crippen LogP contribution in [0.3, 0.4) is 0 Å². The molecule has 0 aromatic heterocycles. The zero-order valence-electron chi connectivity index (χ0n) is 26.9. The van der Waals surface area contributed by atoms with Crippen molar-refractivity contribution in [1.29, 1.82) is 0 Å². The normalized spacial score (nSPS) is 11.2. The van der Waals surface area contributed by atoms with E-state index in [1.165, 1.54) is 33.5 Å². The first kappa shape index (κ1) is 34.5. The topological polar surface area (TPSA) is 132 Å². The highest BCUT2D eigenvalue weighted by atomic mass is 79.9. The van der Waals surface area contributed by atoms with Gasteiger partial charge in [-0.1, -0.05) is 76.6 Å². The zero-order valence-corrected chi connectivity index (χ0v) is 28.4. The van der Waals surface area contributed by atoms with Crippen molar-refractivity contribution in [3.8, 4) is 39.9 Å². The van der Waals surface area contributed by atoms with Gasteiger partial charge in [-0.3, -0.25) is 14.4 Å². The van der Waals surface area contributed by atoms with Gasteiger partial charge in [0.15, 0.2) is 11.5 Å². The molecule has 49 heavy (non-hydrogen) atoms. The van der Waals surface area contributed by atoms with Crippen LogP contribution in [0.5, 0.6) is 28.7 Å². The third-order valence-corrected chi connectivity index (χ3v) is 8.06. The molecule has 5 aromatic carbocycles. The highest BCUT2D eigenvalue weighted by Crippen LogP contribution is 2.39. The second-order valence-electron chi connectivity index (χ2n) is 10.7. The summed E-state index contributed by atoms with van der Waals surface area (Å²) in [4.78, 5) is 39.0. The van der Waals surface area contributed by atoms with E-state index < -0.39 is 23.8 Å². The molecule has 2 amide bonds. The summed E-state index contributed by atoms with van der Waals surface area (Å²) >= 11 is 3.39. The number of rotatable bonds is 13. The molecule has 1 unspecified atom stereocenters. The third kappa shape index (κ3) is 8.38. The first-order valence-electron chi connectivity index (χ1n) is 15.1. The SMILES string of the molecule is COc1cc(C(=O)Nc2ccc(Br)cc2C(=O)NC(CC(=O)O)c2ccc(-c3ccccc3Oc3ccccc3)cc2)cc(OC)c1OC. The molecule has 1 atom stereocenters. The minimum Gasteiger partial charge on any atom is -0.493 e. The van der Waals surface area contributed by atoms with E-state index in [4.69, 9.17) is 18.9 Å². The molecule has 0 saturated heterocycles. The third-order valence-electron chi connectivity index (χ3n) is 7.57. The van der Waals surface area contributed by atoms with Crippen molar-refractivity contribution in [3.05, 3.63) is 130 Å². The number of hydrogen-bond donors (Lipinski definition) is 3. The average molecular weight is 726 g/mol. The minimum absolute atomic E-state index is 0.120. The van der Waals surface area contributed by atoms with Gasteiger partial charge >= 0.3 is 5.97 Å². The number of ether oxygens (including phenoxy) is 4. The van der Waals surface area contributed by atoms with Gasteiger partial charge in [0.2, 0.25) is 5.75 Å². The number of aliphatic carboxylic acids is 1. The van der Waals surface area contributed by atoms with Crippen LogP contribution < -0.4 is 29.6 Å². The van der Waals surface area contributed by atoms with E-state index in [0.29, 0.717) is 27.3 Å². The Bertz CT molecular complexity index is 1940. The van der Waals surface area contributed by atoms with E-state index in [9.17, 15) is 19.5 Å². The fraction of sp³-hybridized carbons (Fsp3) is 0.132. The van der Waals surface area contributed by atoms with Crippen LogP contribution in [-0.2, 0) is 4.79 Å². The number of carboxylic acid groups (broad SMARTS) is 1. The highest BCUT2D eigenvalue weighted by Gasteiger charge is 2.23. The van der Waals surface area contributed by atoms with E-state index in [1.54, 1.807) is 30.3 Å². The summed E-state index contributed by atoms with van der Waals surface area (Å²) in [5.41, 5.74) is 2.80. The van der Waals surface area contributed by atoms with Gasteiger partial charge in [-0.15, -0.1) is 0 Å². The van der Waals surface area contributed by atoms with Crippen molar-refractivity contribution < 1.29 is 38.4 Å². The molecule has 11 heteroatoms. The van der Waals surface area contributed by atoms with E-state index in [-0.39, 0.29) is 34.7 Å². The number of methoxy groups -OCH3 is 3. The molecule has 0 saturated carbocycles. The second-order valence-corrected chi connectivity index (χ2v) is 11.6. The van der Waals surface area contributed by atoms with Crippen molar-refractivity contribution in [1.82, 2.24) is 5.32 Å². The summed E-state index contributed by atoms with van der Waals surface area (Å²) in [5.74, 6) is 0.0397. The van der Waals surface area contributed by atoms with Gasteiger partial charge in [0.05, 0.1) is 45.0 Å². The number of carboxylic acids is 1. The molecule has 0 aliphatic rings. The number of carbonyl (C=O) groups excluding carboxylic acids is 2. The molecule has 0 heterocycles. The molecule has 250 valence electrons. The van der Waals surface area contributed by atoms with Gasteiger partial charge in [0.1, 0.15) is 11.5 Å². The summed E-state index contributed by atoms with van der Waals surface area (Å²) in [6.07, 6.45) is -0.375. The fourth-order valence-corrected chi connectivity index (χ4v) is 5.55. The molecule has 0 bridgehead atoms. The van der Waals surface area contributed by atoms with E-state index >= 15 is 0 Å². The molecule has 10 nitrogen and oxygen atoms in total.